The lowest BCUT2D eigenvalue weighted by Gasteiger charge is -2.21. The van der Waals surface area contributed by atoms with E-state index in [0.717, 1.165) is 17.0 Å². The summed E-state index contributed by atoms with van der Waals surface area (Å²) in [5, 5.41) is 10.4. The van der Waals surface area contributed by atoms with Crippen molar-refractivity contribution in [3.8, 4) is 11.4 Å². The van der Waals surface area contributed by atoms with E-state index in [1.54, 1.807) is 44.5 Å². The number of aromatic nitrogens is 1. The highest BCUT2D eigenvalue weighted by Gasteiger charge is 2.17. The van der Waals surface area contributed by atoms with Crippen molar-refractivity contribution in [1.82, 2.24) is 9.47 Å². The minimum absolute atomic E-state index is 0.133. The Labute approximate surface area is 153 Å². The first-order valence-corrected chi connectivity index (χ1v) is 8.39. The fourth-order valence-corrected chi connectivity index (χ4v) is 2.80. The van der Waals surface area contributed by atoms with E-state index in [-0.39, 0.29) is 12.5 Å². The van der Waals surface area contributed by atoms with Crippen LogP contribution in [0.15, 0.2) is 73.1 Å². The van der Waals surface area contributed by atoms with Crippen molar-refractivity contribution >= 4 is 5.91 Å². The number of likely N-dealkylation sites (N-methyl/N-ethyl adjacent to an activating group) is 1. The molecule has 0 saturated heterocycles. The number of aliphatic hydroxyl groups is 1. The summed E-state index contributed by atoms with van der Waals surface area (Å²) < 4.78 is 7.07. The maximum atomic E-state index is 12.7. The second-order valence-electron chi connectivity index (χ2n) is 6.12. The SMILES string of the molecule is COc1ccc(C(O)CN(C)C(=O)c2cccc(-n3cccc3)c2)cc1. The molecule has 0 bridgehead atoms. The zero-order valence-corrected chi connectivity index (χ0v) is 14.9. The Kier molecular flexibility index (Phi) is 5.39. The van der Waals surface area contributed by atoms with Crippen LogP contribution in [0.3, 0.4) is 0 Å². The molecule has 134 valence electrons. The van der Waals surface area contributed by atoms with Crippen LogP contribution in [-0.4, -0.2) is 41.2 Å². The third-order valence-electron chi connectivity index (χ3n) is 4.29. The van der Waals surface area contributed by atoms with Crippen molar-refractivity contribution in [1.29, 1.82) is 0 Å². The van der Waals surface area contributed by atoms with Crippen molar-refractivity contribution in [2.45, 2.75) is 6.10 Å². The van der Waals surface area contributed by atoms with E-state index in [2.05, 4.69) is 0 Å². The molecule has 0 aliphatic heterocycles. The molecule has 0 saturated carbocycles. The van der Waals surface area contributed by atoms with Crippen LogP contribution < -0.4 is 4.74 Å². The molecule has 26 heavy (non-hydrogen) atoms. The minimum atomic E-state index is -0.762. The third-order valence-corrected chi connectivity index (χ3v) is 4.29. The van der Waals surface area contributed by atoms with Crippen molar-refractivity contribution in [2.24, 2.45) is 0 Å². The van der Waals surface area contributed by atoms with Gasteiger partial charge in [0.2, 0.25) is 0 Å². The summed E-state index contributed by atoms with van der Waals surface area (Å²) >= 11 is 0. The lowest BCUT2D eigenvalue weighted by molar-refractivity contribution is 0.0681. The zero-order chi connectivity index (χ0) is 18.5. The first-order valence-electron chi connectivity index (χ1n) is 8.39. The Morgan fingerprint density at radius 3 is 2.46 bits per heavy atom. The Hall–Kier alpha value is -3.05. The van der Waals surface area contributed by atoms with E-state index in [9.17, 15) is 9.90 Å². The Balaban J connectivity index is 1.70. The molecule has 1 heterocycles. The van der Waals surface area contributed by atoms with Crippen LogP contribution in [0.2, 0.25) is 0 Å². The Morgan fingerprint density at radius 1 is 1.12 bits per heavy atom. The van der Waals surface area contributed by atoms with Gasteiger partial charge in [-0.2, -0.15) is 0 Å². The molecule has 5 nitrogen and oxygen atoms in total. The highest BCUT2D eigenvalue weighted by molar-refractivity contribution is 5.94. The number of hydrogen-bond acceptors (Lipinski definition) is 3. The monoisotopic (exact) mass is 350 g/mol. The Bertz CT molecular complexity index is 857. The molecule has 3 aromatic rings. The van der Waals surface area contributed by atoms with Crippen LogP contribution >= 0.6 is 0 Å². The molecule has 1 aromatic heterocycles. The molecule has 3 rings (SSSR count). The average molecular weight is 350 g/mol. The number of rotatable bonds is 6. The molecule has 1 unspecified atom stereocenters. The van der Waals surface area contributed by atoms with Gasteiger partial charge in [0, 0.05) is 30.7 Å². The number of methoxy groups -OCH3 is 1. The molecule has 0 aliphatic rings. The highest BCUT2D eigenvalue weighted by atomic mass is 16.5. The first-order chi connectivity index (χ1) is 12.6. The van der Waals surface area contributed by atoms with Gasteiger partial charge >= 0.3 is 0 Å². The molecule has 1 amide bonds. The number of aliphatic hydroxyl groups excluding tert-OH is 1. The van der Waals surface area contributed by atoms with E-state index in [1.807, 2.05) is 47.3 Å². The minimum Gasteiger partial charge on any atom is -0.497 e. The maximum Gasteiger partial charge on any atom is 0.253 e. The normalized spacial score (nSPS) is 11.8. The van der Waals surface area contributed by atoms with E-state index in [0.29, 0.717) is 5.56 Å². The van der Waals surface area contributed by atoms with Crippen LogP contribution in [0.5, 0.6) is 5.75 Å². The molecule has 1 N–H and O–H groups in total. The van der Waals surface area contributed by atoms with Gasteiger partial charge in [0.1, 0.15) is 5.75 Å². The molecular weight excluding hydrogens is 328 g/mol. The van der Waals surface area contributed by atoms with Gasteiger partial charge in [-0.3, -0.25) is 4.79 Å². The van der Waals surface area contributed by atoms with Crippen molar-refractivity contribution in [3.63, 3.8) is 0 Å². The topological polar surface area (TPSA) is 54.7 Å². The number of hydrogen-bond donors (Lipinski definition) is 1. The lowest BCUT2D eigenvalue weighted by atomic mass is 10.1. The van der Waals surface area contributed by atoms with E-state index in [4.69, 9.17) is 4.74 Å². The molecule has 0 aliphatic carbocycles. The summed E-state index contributed by atoms with van der Waals surface area (Å²) in [6, 6.07) is 18.5. The van der Waals surface area contributed by atoms with Gasteiger partial charge in [-0.1, -0.05) is 18.2 Å². The van der Waals surface area contributed by atoms with E-state index < -0.39 is 6.10 Å². The number of ether oxygens (including phenoxy) is 1. The van der Waals surface area contributed by atoms with Crippen LogP contribution in [0, 0.1) is 0 Å². The quantitative estimate of drug-likeness (QED) is 0.742. The number of benzene rings is 2. The van der Waals surface area contributed by atoms with Gasteiger partial charge in [-0.25, -0.2) is 0 Å². The van der Waals surface area contributed by atoms with Crippen LogP contribution in [-0.2, 0) is 0 Å². The van der Waals surface area contributed by atoms with Gasteiger partial charge in [-0.05, 0) is 48.0 Å². The molecule has 1 atom stereocenters. The summed E-state index contributed by atoms with van der Waals surface area (Å²) in [5.74, 6) is 0.596. The molecular formula is C21H22N2O3. The van der Waals surface area contributed by atoms with Gasteiger partial charge in [0.15, 0.2) is 0 Å². The van der Waals surface area contributed by atoms with Gasteiger partial charge in [-0.15, -0.1) is 0 Å². The van der Waals surface area contributed by atoms with Gasteiger partial charge < -0.3 is 19.3 Å². The maximum absolute atomic E-state index is 12.7. The predicted octanol–water partition coefficient (Wildman–Crippen LogP) is 3.29. The summed E-state index contributed by atoms with van der Waals surface area (Å²) in [6.45, 7) is 0.207. The lowest BCUT2D eigenvalue weighted by Crippen LogP contribution is -2.31. The summed E-state index contributed by atoms with van der Waals surface area (Å²) in [5.41, 5.74) is 2.25. The average Bonchev–Trinajstić information content (AvgIpc) is 3.22. The number of nitrogens with zero attached hydrogens (tertiary/aromatic N) is 2. The van der Waals surface area contributed by atoms with Crippen molar-refractivity contribution < 1.29 is 14.6 Å². The molecule has 0 fully saturated rings. The van der Waals surface area contributed by atoms with Crippen molar-refractivity contribution in [3.05, 3.63) is 84.2 Å². The predicted molar refractivity (Wildman–Crippen MR) is 101 cm³/mol. The molecule has 0 radical (unpaired) electrons. The fraction of sp³-hybridized carbons (Fsp3) is 0.190. The van der Waals surface area contributed by atoms with Crippen LogP contribution in [0.25, 0.3) is 5.69 Å². The first kappa shape index (κ1) is 17.8. The van der Waals surface area contributed by atoms with Crippen LogP contribution in [0.4, 0.5) is 0 Å². The zero-order valence-electron chi connectivity index (χ0n) is 14.9. The van der Waals surface area contributed by atoms with Crippen LogP contribution in [0.1, 0.15) is 22.0 Å². The van der Waals surface area contributed by atoms with E-state index in [1.165, 1.54) is 4.90 Å². The fourth-order valence-electron chi connectivity index (χ4n) is 2.80. The van der Waals surface area contributed by atoms with Gasteiger partial charge in [0.05, 0.1) is 19.8 Å². The van der Waals surface area contributed by atoms with Gasteiger partial charge in [0.25, 0.3) is 5.91 Å². The molecule has 2 aromatic carbocycles. The second kappa shape index (κ2) is 7.89. The highest BCUT2D eigenvalue weighted by Crippen LogP contribution is 2.19. The molecule has 0 spiro atoms. The summed E-state index contributed by atoms with van der Waals surface area (Å²) in [4.78, 5) is 14.3. The smallest absolute Gasteiger partial charge is 0.253 e. The number of carbonyl (C=O) groups is 1. The number of carbonyl (C=O) groups excluding carboxylic acids is 1. The summed E-state index contributed by atoms with van der Waals surface area (Å²) in [6.07, 6.45) is 3.10. The van der Waals surface area contributed by atoms with Crippen molar-refractivity contribution in [2.75, 3.05) is 20.7 Å². The number of amides is 1. The largest absolute Gasteiger partial charge is 0.497 e. The molecule has 5 heteroatoms. The standard InChI is InChI=1S/C21H22N2O3/c1-22(15-20(24)16-8-10-19(26-2)11-9-16)21(25)17-6-5-7-18(14-17)23-12-3-4-13-23/h3-14,20,24H,15H2,1-2H3. The summed E-state index contributed by atoms with van der Waals surface area (Å²) in [7, 11) is 3.29. The third kappa shape index (κ3) is 3.95. The Morgan fingerprint density at radius 2 is 1.81 bits per heavy atom. The second-order valence-corrected chi connectivity index (χ2v) is 6.12. The van der Waals surface area contributed by atoms with E-state index >= 15 is 0 Å².